The van der Waals surface area contributed by atoms with Gasteiger partial charge in [-0.25, -0.2) is 0 Å². The second kappa shape index (κ2) is 3.26. The fraction of sp³-hybridized carbons (Fsp3) is 0.727. The van der Waals surface area contributed by atoms with Crippen molar-refractivity contribution in [2.24, 2.45) is 0 Å². The van der Waals surface area contributed by atoms with Gasteiger partial charge < -0.3 is 0 Å². The highest BCUT2D eigenvalue weighted by molar-refractivity contribution is 6.05. The van der Waals surface area contributed by atoms with Crippen LogP contribution in [0.4, 0.5) is 0 Å². The van der Waals surface area contributed by atoms with E-state index in [1.807, 2.05) is 39.8 Å². The van der Waals surface area contributed by atoms with Crippen molar-refractivity contribution in [3.05, 3.63) is 11.1 Å². The summed E-state index contributed by atoms with van der Waals surface area (Å²) in [4.78, 5) is 14.0. The molecule has 0 N–H and O–H groups in total. The van der Waals surface area contributed by atoms with E-state index in [1.54, 1.807) is 0 Å². The number of carbonyl (C=O) groups is 1. The van der Waals surface area contributed by atoms with E-state index in [4.69, 9.17) is 0 Å². The summed E-state index contributed by atoms with van der Waals surface area (Å²) in [5, 5.41) is 0. The Morgan fingerprint density at radius 1 is 1.38 bits per heavy atom. The van der Waals surface area contributed by atoms with Crippen molar-refractivity contribution in [3.8, 4) is 0 Å². The van der Waals surface area contributed by atoms with Gasteiger partial charge in [0.25, 0.3) is 0 Å². The first kappa shape index (κ1) is 10.5. The minimum Gasteiger partial charge on any atom is -0.297 e. The number of hydrogen-bond donors (Lipinski definition) is 0. The number of likely N-dealkylation sites (N-methyl/N-ethyl adjacent to an activating group) is 1. The van der Waals surface area contributed by atoms with Crippen LogP contribution in [-0.2, 0) is 4.79 Å². The molecule has 0 aromatic carbocycles. The Bertz CT molecular complexity index is 261. The summed E-state index contributed by atoms with van der Waals surface area (Å²) >= 11 is 0. The summed E-state index contributed by atoms with van der Waals surface area (Å²) in [6, 6.07) is 0. The minimum atomic E-state index is -0.257. The van der Waals surface area contributed by atoms with Crippen LogP contribution < -0.4 is 0 Å². The van der Waals surface area contributed by atoms with Crippen LogP contribution in [0.1, 0.15) is 33.6 Å². The number of rotatable bonds is 1. The van der Waals surface area contributed by atoms with Crippen LogP contribution in [0.25, 0.3) is 0 Å². The average molecular weight is 181 g/mol. The van der Waals surface area contributed by atoms with E-state index in [2.05, 4.69) is 0 Å². The van der Waals surface area contributed by atoms with Crippen LogP contribution in [0.3, 0.4) is 0 Å². The molecule has 0 aliphatic heterocycles. The van der Waals surface area contributed by atoms with Crippen LogP contribution in [0.2, 0.25) is 0 Å². The Balaban J connectivity index is 3.01. The van der Waals surface area contributed by atoms with Gasteiger partial charge >= 0.3 is 0 Å². The molecule has 1 rings (SSSR count). The molecule has 0 aromatic rings. The predicted octanol–water partition coefficient (Wildman–Crippen LogP) is 2.01. The first-order chi connectivity index (χ1) is 5.89. The molecule has 1 atom stereocenters. The number of ketones is 1. The second-order valence-electron chi connectivity index (χ2n) is 4.48. The average Bonchev–Trinajstić information content (AvgIpc) is 2.30. The maximum atomic E-state index is 12.0. The lowest BCUT2D eigenvalue weighted by molar-refractivity contribution is -0.123. The van der Waals surface area contributed by atoms with Crippen LogP contribution in [0.5, 0.6) is 0 Å². The Hall–Kier alpha value is -0.630. The lowest BCUT2D eigenvalue weighted by atomic mass is 9.96. The molecule has 2 heteroatoms. The van der Waals surface area contributed by atoms with Gasteiger partial charge in [0.15, 0.2) is 5.78 Å². The quantitative estimate of drug-likeness (QED) is 0.577. The molecule has 0 saturated heterocycles. The van der Waals surface area contributed by atoms with Gasteiger partial charge in [-0.1, -0.05) is 5.57 Å². The molecule has 13 heavy (non-hydrogen) atoms. The Morgan fingerprint density at radius 3 is 2.15 bits per heavy atom. The normalized spacial score (nSPS) is 28.8. The van der Waals surface area contributed by atoms with Gasteiger partial charge in [0, 0.05) is 0 Å². The Labute approximate surface area is 80.6 Å². The molecule has 0 amide bonds. The summed E-state index contributed by atoms with van der Waals surface area (Å²) < 4.78 is 0. The largest absolute Gasteiger partial charge is 0.297 e. The molecule has 0 aromatic heterocycles. The molecule has 1 aliphatic rings. The molecule has 0 heterocycles. The molecule has 1 saturated carbocycles. The van der Waals surface area contributed by atoms with Gasteiger partial charge in [-0.05, 0) is 53.3 Å². The first-order valence-corrected chi connectivity index (χ1v) is 4.78. The maximum Gasteiger partial charge on any atom is 0.178 e. The van der Waals surface area contributed by atoms with E-state index in [0.29, 0.717) is 5.78 Å². The van der Waals surface area contributed by atoms with Gasteiger partial charge in [0.1, 0.15) is 0 Å². The lowest BCUT2D eigenvalue weighted by Gasteiger charge is -2.29. The van der Waals surface area contributed by atoms with E-state index >= 15 is 0 Å². The Kier molecular flexibility index (Phi) is 2.62. The standard InChI is InChI=1S/C11H19NO/c1-8(2)9-6-7-11(3,10(9)13)12(4)5/h6-7H2,1-5H3. The van der Waals surface area contributed by atoms with Crippen LogP contribution >= 0.6 is 0 Å². The molecular weight excluding hydrogens is 162 g/mol. The lowest BCUT2D eigenvalue weighted by Crippen LogP contribution is -2.45. The zero-order valence-corrected chi connectivity index (χ0v) is 9.27. The van der Waals surface area contributed by atoms with E-state index in [-0.39, 0.29) is 5.54 Å². The summed E-state index contributed by atoms with van der Waals surface area (Å²) in [7, 11) is 3.96. The first-order valence-electron chi connectivity index (χ1n) is 4.78. The molecule has 0 spiro atoms. The van der Waals surface area contributed by atoms with Gasteiger partial charge in [-0.2, -0.15) is 0 Å². The van der Waals surface area contributed by atoms with Crippen LogP contribution in [0, 0.1) is 0 Å². The smallest absolute Gasteiger partial charge is 0.178 e. The summed E-state index contributed by atoms with van der Waals surface area (Å²) in [6.07, 6.45) is 1.90. The highest BCUT2D eigenvalue weighted by atomic mass is 16.1. The number of carbonyl (C=O) groups excluding carboxylic acids is 1. The van der Waals surface area contributed by atoms with Gasteiger partial charge in [-0.15, -0.1) is 0 Å². The van der Waals surface area contributed by atoms with E-state index in [9.17, 15) is 4.79 Å². The third-order valence-corrected chi connectivity index (χ3v) is 3.22. The summed E-state index contributed by atoms with van der Waals surface area (Å²) in [6.45, 7) is 6.08. The van der Waals surface area contributed by atoms with E-state index < -0.39 is 0 Å². The molecule has 2 nitrogen and oxygen atoms in total. The van der Waals surface area contributed by atoms with Crippen molar-refractivity contribution < 1.29 is 4.79 Å². The van der Waals surface area contributed by atoms with Crippen molar-refractivity contribution in [1.29, 1.82) is 0 Å². The van der Waals surface area contributed by atoms with E-state index in [1.165, 1.54) is 5.57 Å². The molecule has 74 valence electrons. The monoisotopic (exact) mass is 181 g/mol. The SMILES string of the molecule is CC(C)=C1CCC(C)(N(C)C)C1=O. The third kappa shape index (κ3) is 1.55. The number of Topliss-reactive ketones (excluding diaryl/α,β-unsaturated/α-hetero) is 1. The van der Waals surface area contributed by atoms with Crippen molar-refractivity contribution in [1.82, 2.24) is 4.90 Å². The molecule has 0 bridgehead atoms. The fourth-order valence-corrected chi connectivity index (χ4v) is 1.82. The van der Waals surface area contributed by atoms with Crippen LogP contribution in [-0.4, -0.2) is 30.3 Å². The second-order valence-corrected chi connectivity index (χ2v) is 4.48. The number of hydrogen-bond acceptors (Lipinski definition) is 2. The highest BCUT2D eigenvalue weighted by Crippen LogP contribution is 2.35. The zero-order valence-electron chi connectivity index (χ0n) is 9.27. The third-order valence-electron chi connectivity index (χ3n) is 3.22. The molecule has 1 fully saturated rings. The predicted molar refractivity (Wildman–Crippen MR) is 54.7 cm³/mol. The molecule has 1 aliphatic carbocycles. The number of nitrogens with zero attached hydrogens (tertiary/aromatic N) is 1. The Morgan fingerprint density at radius 2 is 1.92 bits per heavy atom. The van der Waals surface area contributed by atoms with Crippen molar-refractivity contribution >= 4 is 5.78 Å². The molecular formula is C11H19NO. The van der Waals surface area contributed by atoms with Crippen molar-refractivity contribution in [2.45, 2.75) is 39.2 Å². The molecule has 0 radical (unpaired) electrons. The minimum absolute atomic E-state index is 0.257. The molecule has 1 unspecified atom stereocenters. The number of allylic oxidation sites excluding steroid dienone is 1. The highest BCUT2D eigenvalue weighted by Gasteiger charge is 2.42. The van der Waals surface area contributed by atoms with Gasteiger partial charge in [0.2, 0.25) is 0 Å². The van der Waals surface area contributed by atoms with E-state index in [0.717, 1.165) is 18.4 Å². The van der Waals surface area contributed by atoms with Crippen molar-refractivity contribution in [2.75, 3.05) is 14.1 Å². The maximum absolute atomic E-state index is 12.0. The topological polar surface area (TPSA) is 20.3 Å². The summed E-state index contributed by atoms with van der Waals surface area (Å²) in [5.74, 6) is 0.317. The zero-order chi connectivity index (χ0) is 10.2. The fourth-order valence-electron chi connectivity index (χ4n) is 1.82. The van der Waals surface area contributed by atoms with Crippen LogP contribution in [0.15, 0.2) is 11.1 Å². The van der Waals surface area contributed by atoms with Gasteiger partial charge in [-0.3, -0.25) is 9.69 Å². The van der Waals surface area contributed by atoms with Crippen molar-refractivity contribution in [3.63, 3.8) is 0 Å². The van der Waals surface area contributed by atoms with Gasteiger partial charge in [0.05, 0.1) is 5.54 Å². The summed E-state index contributed by atoms with van der Waals surface area (Å²) in [5.41, 5.74) is 1.96.